The van der Waals surface area contributed by atoms with Gasteiger partial charge in [-0.1, -0.05) is 37.6 Å². The van der Waals surface area contributed by atoms with Gasteiger partial charge in [0.15, 0.2) is 5.96 Å². The molecule has 0 aliphatic rings. The first-order chi connectivity index (χ1) is 12.9. The Morgan fingerprint density at radius 1 is 1.00 bits per heavy atom. The fraction of sp³-hybridized carbons (Fsp3) is 0.632. The lowest BCUT2D eigenvalue weighted by atomic mass is 10.1. The third kappa shape index (κ3) is 12.3. The van der Waals surface area contributed by atoms with Crippen LogP contribution in [-0.4, -0.2) is 45.5 Å². The molecule has 0 radical (unpaired) electrons. The molecule has 5 nitrogen and oxygen atoms in total. The number of nitrogens with one attached hydrogen (secondary N) is 2. The van der Waals surface area contributed by atoms with Crippen molar-refractivity contribution in [3.63, 3.8) is 0 Å². The summed E-state index contributed by atoms with van der Waals surface area (Å²) in [6.45, 7) is 3.70. The molecule has 0 fully saturated rings. The van der Waals surface area contributed by atoms with Crippen LogP contribution in [0.4, 0.5) is 13.2 Å². The number of alkyl halides is 3. The van der Waals surface area contributed by atoms with E-state index in [4.69, 9.17) is 4.74 Å². The van der Waals surface area contributed by atoms with Crippen LogP contribution in [0, 0.1) is 0 Å². The molecule has 2 N–H and O–H groups in total. The van der Waals surface area contributed by atoms with Crippen molar-refractivity contribution in [1.82, 2.24) is 10.6 Å². The minimum absolute atomic E-state index is 0.0588. The molecule has 8 heteroatoms. The summed E-state index contributed by atoms with van der Waals surface area (Å²) in [5.74, 6) is 0.696. The van der Waals surface area contributed by atoms with E-state index in [9.17, 15) is 13.2 Å². The zero-order chi connectivity index (χ0) is 20.0. The second kappa shape index (κ2) is 13.4. The quantitative estimate of drug-likeness (QED) is 0.326. The molecule has 1 aromatic rings. The van der Waals surface area contributed by atoms with Gasteiger partial charge in [0.25, 0.3) is 0 Å². The van der Waals surface area contributed by atoms with Crippen LogP contribution in [0.3, 0.4) is 0 Å². The summed E-state index contributed by atoms with van der Waals surface area (Å²) in [5, 5.41) is 6.41. The highest BCUT2D eigenvalue weighted by Crippen LogP contribution is 2.15. The first-order valence-corrected chi connectivity index (χ1v) is 9.19. The van der Waals surface area contributed by atoms with Gasteiger partial charge in [0.05, 0.1) is 6.61 Å². The predicted molar refractivity (Wildman–Crippen MR) is 101 cm³/mol. The number of hydrogen-bond donors (Lipinski definition) is 2. The first-order valence-electron chi connectivity index (χ1n) is 9.19. The van der Waals surface area contributed by atoms with Crippen molar-refractivity contribution >= 4 is 5.96 Å². The molecule has 0 heterocycles. The Morgan fingerprint density at radius 2 is 1.67 bits per heavy atom. The minimum Gasteiger partial charge on any atom is -0.381 e. The van der Waals surface area contributed by atoms with E-state index in [0.29, 0.717) is 18.1 Å². The minimum atomic E-state index is -4.30. The average molecular weight is 389 g/mol. The topological polar surface area (TPSA) is 54.9 Å². The van der Waals surface area contributed by atoms with Crippen LogP contribution in [0.2, 0.25) is 0 Å². The van der Waals surface area contributed by atoms with Gasteiger partial charge in [0.1, 0.15) is 6.61 Å². The van der Waals surface area contributed by atoms with Crippen LogP contribution >= 0.6 is 0 Å². The maximum atomic E-state index is 12.1. The molecule has 154 valence electrons. The Balaban J connectivity index is 2.22. The van der Waals surface area contributed by atoms with Gasteiger partial charge in [0.2, 0.25) is 0 Å². The Morgan fingerprint density at radius 3 is 2.30 bits per heavy atom. The second-order valence-electron chi connectivity index (χ2n) is 6.10. The molecule has 0 saturated heterocycles. The number of aliphatic imine (C=N–C) groups is 1. The second-order valence-corrected chi connectivity index (χ2v) is 6.10. The lowest BCUT2D eigenvalue weighted by molar-refractivity contribution is -0.176. The fourth-order valence-corrected chi connectivity index (χ4v) is 2.17. The van der Waals surface area contributed by atoms with Gasteiger partial charge in [-0.25, -0.2) is 0 Å². The average Bonchev–Trinajstić information content (AvgIpc) is 2.63. The monoisotopic (exact) mass is 389 g/mol. The van der Waals surface area contributed by atoms with Crippen molar-refractivity contribution in [2.75, 3.05) is 33.4 Å². The molecule has 27 heavy (non-hydrogen) atoms. The first kappa shape index (κ1) is 23.2. The van der Waals surface area contributed by atoms with Gasteiger partial charge in [-0.15, -0.1) is 0 Å². The standard InChI is InChI=1S/C19H30F3N3O2/c1-3-4-11-26-12-5-10-24-18(23-2)25-13-16-6-8-17(9-7-16)14-27-15-19(20,21)22/h6-9H,3-5,10-15H2,1-2H3,(H2,23,24,25). The molecule has 1 rings (SSSR count). The van der Waals surface area contributed by atoms with E-state index in [1.54, 1.807) is 19.2 Å². The molecule has 0 spiro atoms. The number of ether oxygens (including phenoxy) is 2. The zero-order valence-corrected chi connectivity index (χ0v) is 16.1. The molecular weight excluding hydrogens is 359 g/mol. The lowest BCUT2D eigenvalue weighted by Gasteiger charge is -2.12. The summed E-state index contributed by atoms with van der Waals surface area (Å²) < 4.78 is 46.3. The van der Waals surface area contributed by atoms with Gasteiger partial charge in [0, 0.05) is 33.4 Å². The molecule has 0 amide bonds. The Kier molecular flexibility index (Phi) is 11.5. The van der Waals surface area contributed by atoms with E-state index < -0.39 is 12.8 Å². The number of nitrogens with zero attached hydrogens (tertiary/aromatic N) is 1. The van der Waals surface area contributed by atoms with E-state index in [-0.39, 0.29) is 6.61 Å². The number of hydrogen-bond acceptors (Lipinski definition) is 3. The molecule has 0 atom stereocenters. The van der Waals surface area contributed by atoms with Crippen LogP contribution < -0.4 is 10.6 Å². The molecule has 0 aromatic heterocycles. The SMILES string of the molecule is CCCCOCCCNC(=NC)NCc1ccc(COCC(F)(F)F)cc1. The summed E-state index contributed by atoms with van der Waals surface area (Å²) in [6, 6.07) is 7.23. The van der Waals surface area contributed by atoms with E-state index >= 15 is 0 Å². The number of unbranched alkanes of at least 4 members (excludes halogenated alkanes) is 1. The predicted octanol–water partition coefficient (Wildman–Crippen LogP) is 3.64. The number of rotatable bonds is 12. The number of halogens is 3. The summed E-state index contributed by atoms with van der Waals surface area (Å²) in [4.78, 5) is 4.16. The van der Waals surface area contributed by atoms with Crippen LogP contribution in [0.25, 0.3) is 0 Å². The van der Waals surface area contributed by atoms with Gasteiger partial charge >= 0.3 is 6.18 Å². The molecule has 0 aliphatic heterocycles. The Labute approximate surface area is 159 Å². The van der Waals surface area contributed by atoms with Crippen LogP contribution in [0.15, 0.2) is 29.3 Å². The summed E-state index contributed by atoms with van der Waals surface area (Å²) in [7, 11) is 1.70. The maximum Gasteiger partial charge on any atom is 0.411 e. The van der Waals surface area contributed by atoms with Gasteiger partial charge in [-0.2, -0.15) is 13.2 Å². The summed E-state index contributed by atoms with van der Waals surface area (Å²) in [6.07, 6.45) is -1.17. The highest BCUT2D eigenvalue weighted by Gasteiger charge is 2.27. The van der Waals surface area contributed by atoms with Crippen LogP contribution in [-0.2, 0) is 22.6 Å². The largest absolute Gasteiger partial charge is 0.411 e. The zero-order valence-electron chi connectivity index (χ0n) is 16.1. The normalized spacial score (nSPS) is 12.3. The van der Waals surface area contributed by atoms with Gasteiger partial charge in [-0.3, -0.25) is 4.99 Å². The van der Waals surface area contributed by atoms with E-state index in [2.05, 4.69) is 27.3 Å². The van der Waals surface area contributed by atoms with Crippen LogP contribution in [0.1, 0.15) is 37.3 Å². The van der Waals surface area contributed by atoms with Crippen molar-refractivity contribution in [2.24, 2.45) is 4.99 Å². The van der Waals surface area contributed by atoms with E-state index in [1.807, 2.05) is 12.1 Å². The lowest BCUT2D eigenvalue weighted by Crippen LogP contribution is -2.37. The van der Waals surface area contributed by atoms with Gasteiger partial charge in [-0.05, 0) is 24.0 Å². The van der Waals surface area contributed by atoms with Crippen molar-refractivity contribution in [3.8, 4) is 0 Å². The Hall–Kier alpha value is -1.80. The summed E-state index contributed by atoms with van der Waals surface area (Å²) >= 11 is 0. The molecule has 0 unspecified atom stereocenters. The highest BCUT2D eigenvalue weighted by atomic mass is 19.4. The Bertz CT molecular complexity index is 534. The fourth-order valence-electron chi connectivity index (χ4n) is 2.17. The third-order valence-corrected chi connectivity index (χ3v) is 3.64. The third-order valence-electron chi connectivity index (χ3n) is 3.64. The summed E-state index contributed by atoms with van der Waals surface area (Å²) in [5.41, 5.74) is 1.70. The van der Waals surface area contributed by atoms with E-state index in [1.165, 1.54) is 0 Å². The van der Waals surface area contributed by atoms with Crippen LogP contribution in [0.5, 0.6) is 0 Å². The molecule has 0 bridgehead atoms. The van der Waals surface area contributed by atoms with Gasteiger partial charge < -0.3 is 20.1 Å². The number of benzene rings is 1. The number of guanidine groups is 1. The smallest absolute Gasteiger partial charge is 0.381 e. The van der Waals surface area contributed by atoms with E-state index in [0.717, 1.165) is 44.6 Å². The molecule has 1 aromatic carbocycles. The molecule has 0 aliphatic carbocycles. The molecule has 0 saturated carbocycles. The molecular formula is C19H30F3N3O2. The van der Waals surface area contributed by atoms with Crippen molar-refractivity contribution in [3.05, 3.63) is 35.4 Å². The highest BCUT2D eigenvalue weighted by molar-refractivity contribution is 5.79. The van der Waals surface area contributed by atoms with Crippen molar-refractivity contribution < 1.29 is 22.6 Å². The van der Waals surface area contributed by atoms with Crippen molar-refractivity contribution in [1.29, 1.82) is 0 Å². The maximum absolute atomic E-state index is 12.1. The van der Waals surface area contributed by atoms with Crippen molar-refractivity contribution in [2.45, 2.75) is 45.5 Å².